The fourth-order valence-corrected chi connectivity index (χ4v) is 3.46. The standard InChI is InChI=1S/C15H22N2O3S/c1-2-13-16-12(10-21-13)8-14(18)17-7-3-4-11(9-17)5-6-15(19)20/h10-11H,2-9H2,1H3,(H,19,20). The first-order valence-corrected chi connectivity index (χ1v) is 8.39. The average molecular weight is 310 g/mol. The Morgan fingerprint density at radius 3 is 3.00 bits per heavy atom. The molecule has 6 heteroatoms. The van der Waals surface area contributed by atoms with E-state index in [0.29, 0.717) is 25.3 Å². The number of carbonyl (C=O) groups is 2. The molecule has 1 N–H and O–H groups in total. The molecule has 116 valence electrons. The van der Waals surface area contributed by atoms with E-state index < -0.39 is 5.97 Å². The highest BCUT2D eigenvalue weighted by atomic mass is 32.1. The number of rotatable bonds is 6. The normalized spacial score (nSPS) is 18.7. The summed E-state index contributed by atoms with van der Waals surface area (Å²) in [7, 11) is 0. The van der Waals surface area contributed by atoms with Gasteiger partial charge in [0.05, 0.1) is 17.1 Å². The van der Waals surface area contributed by atoms with E-state index in [1.54, 1.807) is 11.3 Å². The maximum Gasteiger partial charge on any atom is 0.303 e. The summed E-state index contributed by atoms with van der Waals surface area (Å²) in [6.45, 7) is 3.53. The largest absolute Gasteiger partial charge is 0.481 e. The number of aromatic nitrogens is 1. The summed E-state index contributed by atoms with van der Waals surface area (Å²) in [5.41, 5.74) is 0.856. The molecule has 0 aromatic carbocycles. The molecule has 1 fully saturated rings. The Labute approximate surface area is 129 Å². The Morgan fingerprint density at radius 1 is 1.52 bits per heavy atom. The highest BCUT2D eigenvalue weighted by Gasteiger charge is 2.24. The molecule has 0 bridgehead atoms. The molecule has 1 aromatic heterocycles. The topological polar surface area (TPSA) is 70.5 Å². The molecule has 2 rings (SSSR count). The lowest BCUT2D eigenvalue weighted by atomic mass is 9.93. The van der Waals surface area contributed by atoms with Crippen LogP contribution in [0.4, 0.5) is 0 Å². The Bertz CT molecular complexity index is 501. The van der Waals surface area contributed by atoms with E-state index in [1.807, 2.05) is 10.3 Å². The van der Waals surface area contributed by atoms with Gasteiger partial charge in [-0.2, -0.15) is 0 Å². The molecule has 2 heterocycles. The molecule has 21 heavy (non-hydrogen) atoms. The fraction of sp³-hybridized carbons (Fsp3) is 0.667. The molecular weight excluding hydrogens is 288 g/mol. The second kappa shape index (κ2) is 7.54. The average Bonchev–Trinajstić information content (AvgIpc) is 2.93. The molecule has 0 aliphatic carbocycles. The predicted octanol–water partition coefficient (Wildman–Crippen LogP) is 2.35. The van der Waals surface area contributed by atoms with Gasteiger partial charge in [0.2, 0.25) is 5.91 Å². The number of piperidine rings is 1. The van der Waals surface area contributed by atoms with Gasteiger partial charge in [0.15, 0.2) is 0 Å². The van der Waals surface area contributed by atoms with Crippen LogP contribution in [0.5, 0.6) is 0 Å². The highest BCUT2D eigenvalue weighted by Crippen LogP contribution is 2.22. The van der Waals surface area contributed by atoms with Crippen LogP contribution in [0.2, 0.25) is 0 Å². The minimum absolute atomic E-state index is 0.114. The molecule has 1 amide bonds. The van der Waals surface area contributed by atoms with Crippen molar-refractivity contribution in [1.82, 2.24) is 9.88 Å². The van der Waals surface area contributed by atoms with Crippen LogP contribution in [-0.4, -0.2) is 40.0 Å². The summed E-state index contributed by atoms with van der Waals surface area (Å²) in [6, 6.07) is 0. The van der Waals surface area contributed by atoms with E-state index >= 15 is 0 Å². The van der Waals surface area contributed by atoms with Crippen molar-refractivity contribution in [3.8, 4) is 0 Å². The zero-order valence-electron chi connectivity index (χ0n) is 12.4. The minimum Gasteiger partial charge on any atom is -0.481 e. The molecule has 1 aliphatic rings. The molecular formula is C15H22N2O3S. The number of hydrogen-bond donors (Lipinski definition) is 1. The number of thiazole rings is 1. The van der Waals surface area contributed by atoms with Crippen molar-refractivity contribution in [3.63, 3.8) is 0 Å². The van der Waals surface area contributed by atoms with Crippen molar-refractivity contribution in [3.05, 3.63) is 16.1 Å². The van der Waals surface area contributed by atoms with Crippen molar-refractivity contribution in [1.29, 1.82) is 0 Å². The van der Waals surface area contributed by atoms with Gasteiger partial charge < -0.3 is 10.0 Å². The Hall–Kier alpha value is -1.43. The number of aliphatic carboxylic acids is 1. The summed E-state index contributed by atoms with van der Waals surface area (Å²) in [6.07, 6.45) is 4.11. The number of likely N-dealkylation sites (tertiary alicyclic amines) is 1. The van der Waals surface area contributed by atoms with Gasteiger partial charge in [-0.1, -0.05) is 6.92 Å². The van der Waals surface area contributed by atoms with E-state index in [2.05, 4.69) is 11.9 Å². The summed E-state index contributed by atoms with van der Waals surface area (Å²) < 4.78 is 0. The number of aryl methyl sites for hydroxylation is 1. The number of carbonyl (C=O) groups excluding carboxylic acids is 1. The molecule has 1 aromatic rings. The summed E-state index contributed by atoms with van der Waals surface area (Å²) in [5, 5.41) is 11.8. The molecule has 1 atom stereocenters. The lowest BCUT2D eigenvalue weighted by Crippen LogP contribution is -2.40. The zero-order valence-corrected chi connectivity index (χ0v) is 13.2. The van der Waals surface area contributed by atoms with E-state index in [9.17, 15) is 9.59 Å². The quantitative estimate of drug-likeness (QED) is 0.875. The molecule has 1 unspecified atom stereocenters. The molecule has 1 saturated heterocycles. The zero-order chi connectivity index (χ0) is 15.2. The number of carboxylic acid groups (broad SMARTS) is 1. The number of nitrogens with zero attached hydrogens (tertiary/aromatic N) is 2. The SMILES string of the molecule is CCc1nc(CC(=O)N2CCCC(CCC(=O)O)C2)cs1. The maximum atomic E-state index is 12.3. The van der Waals surface area contributed by atoms with Crippen molar-refractivity contribution >= 4 is 23.2 Å². The third kappa shape index (κ3) is 4.81. The maximum absolute atomic E-state index is 12.3. The van der Waals surface area contributed by atoms with Crippen LogP contribution in [-0.2, 0) is 22.4 Å². The molecule has 1 aliphatic heterocycles. The van der Waals surface area contributed by atoms with E-state index in [1.165, 1.54) is 0 Å². The van der Waals surface area contributed by atoms with Gasteiger partial charge in [-0.25, -0.2) is 4.98 Å². The number of carboxylic acids is 1. The second-order valence-corrected chi connectivity index (χ2v) is 6.49. The summed E-state index contributed by atoms with van der Waals surface area (Å²) >= 11 is 1.60. The van der Waals surface area contributed by atoms with Gasteiger partial charge in [-0.3, -0.25) is 9.59 Å². The van der Waals surface area contributed by atoms with Gasteiger partial charge in [-0.15, -0.1) is 11.3 Å². The van der Waals surface area contributed by atoms with Gasteiger partial charge in [0.1, 0.15) is 0 Å². The second-order valence-electron chi connectivity index (χ2n) is 5.54. The van der Waals surface area contributed by atoms with E-state index in [4.69, 9.17) is 5.11 Å². The number of hydrogen-bond acceptors (Lipinski definition) is 4. The first-order valence-electron chi connectivity index (χ1n) is 7.51. The molecule has 0 radical (unpaired) electrons. The number of amides is 1. The van der Waals surface area contributed by atoms with Gasteiger partial charge in [0, 0.05) is 24.9 Å². The van der Waals surface area contributed by atoms with Crippen LogP contribution >= 0.6 is 11.3 Å². The van der Waals surface area contributed by atoms with E-state index in [-0.39, 0.29) is 12.3 Å². The third-order valence-corrected chi connectivity index (χ3v) is 4.91. The third-order valence-electron chi connectivity index (χ3n) is 3.87. The fourth-order valence-electron chi connectivity index (χ4n) is 2.71. The lowest BCUT2D eigenvalue weighted by Gasteiger charge is -2.32. The van der Waals surface area contributed by atoms with Crippen molar-refractivity contribution in [2.45, 2.75) is 45.4 Å². The highest BCUT2D eigenvalue weighted by molar-refractivity contribution is 7.09. The van der Waals surface area contributed by atoms with Crippen LogP contribution < -0.4 is 0 Å². The monoisotopic (exact) mass is 310 g/mol. The Kier molecular flexibility index (Phi) is 5.73. The smallest absolute Gasteiger partial charge is 0.303 e. The first-order chi connectivity index (χ1) is 10.1. The Balaban J connectivity index is 1.85. The molecule has 0 saturated carbocycles. The van der Waals surface area contributed by atoms with Crippen LogP contribution in [0.15, 0.2) is 5.38 Å². The minimum atomic E-state index is -0.756. The van der Waals surface area contributed by atoms with Gasteiger partial charge in [0.25, 0.3) is 0 Å². The summed E-state index contributed by atoms with van der Waals surface area (Å²) in [4.78, 5) is 29.3. The summed E-state index contributed by atoms with van der Waals surface area (Å²) in [5.74, 6) is -0.323. The van der Waals surface area contributed by atoms with Gasteiger partial charge in [-0.05, 0) is 31.6 Å². The van der Waals surface area contributed by atoms with Gasteiger partial charge >= 0.3 is 5.97 Å². The molecule has 0 spiro atoms. The van der Waals surface area contributed by atoms with Crippen molar-refractivity contribution < 1.29 is 14.7 Å². The Morgan fingerprint density at radius 2 is 2.33 bits per heavy atom. The van der Waals surface area contributed by atoms with Crippen LogP contribution in [0, 0.1) is 5.92 Å². The predicted molar refractivity (Wildman–Crippen MR) is 81.4 cm³/mol. The van der Waals surface area contributed by atoms with Crippen molar-refractivity contribution in [2.75, 3.05) is 13.1 Å². The van der Waals surface area contributed by atoms with Crippen LogP contribution in [0.3, 0.4) is 0 Å². The van der Waals surface area contributed by atoms with Crippen molar-refractivity contribution in [2.24, 2.45) is 5.92 Å². The van der Waals surface area contributed by atoms with Crippen LogP contribution in [0.25, 0.3) is 0 Å². The lowest BCUT2D eigenvalue weighted by molar-refractivity contribution is -0.137. The first kappa shape index (κ1) is 15.9. The molecule has 5 nitrogen and oxygen atoms in total. The van der Waals surface area contributed by atoms with E-state index in [0.717, 1.165) is 36.5 Å². The van der Waals surface area contributed by atoms with Crippen LogP contribution in [0.1, 0.15) is 43.3 Å².